The molecule has 0 atom stereocenters. The summed E-state index contributed by atoms with van der Waals surface area (Å²) in [5, 5.41) is 3.31. The van der Waals surface area contributed by atoms with Gasteiger partial charge >= 0.3 is 0 Å². The summed E-state index contributed by atoms with van der Waals surface area (Å²) in [7, 11) is 0. The number of amides is 1. The molecule has 4 nitrogen and oxygen atoms in total. The molecule has 0 aliphatic carbocycles. The lowest BCUT2D eigenvalue weighted by molar-refractivity contribution is -0.118. The number of anilines is 1. The van der Waals surface area contributed by atoms with Gasteiger partial charge in [-0.3, -0.25) is 9.59 Å². The minimum Gasteiger partial charge on any atom is -0.484 e. The van der Waals surface area contributed by atoms with Crippen molar-refractivity contribution in [3.63, 3.8) is 0 Å². The first kappa shape index (κ1) is 19.6. The van der Waals surface area contributed by atoms with E-state index in [1.54, 1.807) is 42.5 Å². The third-order valence-electron chi connectivity index (χ3n) is 4.13. The maximum Gasteiger partial charge on any atom is 0.262 e. The van der Waals surface area contributed by atoms with Gasteiger partial charge in [-0.05, 0) is 73.2 Å². The summed E-state index contributed by atoms with van der Waals surface area (Å²) >= 11 is 6.03. The SMILES string of the molecule is Cc1c(Cl)cccc1NC(=O)COc1ccc(C(=O)c2ccc(F)cc2)cc1. The number of hydrogen-bond donors (Lipinski definition) is 1. The van der Waals surface area contributed by atoms with E-state index in [-0.39, 0.29) is 18.3 Å². The van der Waals surface area contributed by atoms with Gasteiger partial charge in [-0.25, -0.2) is 4.39 Å². The van der Waals surface area contributed by atoms with Gasteiger partial charge in [0.25, 0.3) is 5.91 Å². The van der Waals surface area contributed by atoms with Crippen LogP contribution < -0.4 is 10.1 Å². The summed E-state index contributed by atoms with van der Waals surface area (Å²) in [4.78, 5) is 24.4. The second-order valence-corrected chi connectivity index (χ2v) is 6.52. The van der Waals surface area contributed by atoms with Crippen LogP contribution in [0.4, 0.5) is 10.1 Å². The summed E-state index contributed by atoms with van der Waals surface area (Å²) in [6.07, 6.45) is 0. The van der Waals surface area contributed by atoms with Crippen LogP contribution in [0.5, 0.6) is 5.75 Å². The van der Waals surface area contributed by atoms with Crippen molar-refractivity contribution in [3.8, 4) is 5.75 Å². The molecule has 0 fully saturated rings. The van der Waals surface area contributed by atoms with Crippen LogP contribution in [0.1, 0.15) is 21.5 Å². The number of ketones is 1. The van der Waals surface area contributed by atoms with Crippen molar-refractivity contribution in [2.45, 2.75) is 6.92 Å². The third-order valence-corrected chi connectivity index (χ3v) is 4.54. The maximum absolute atomic E-state index is 13.0. The summed E-state index contributed by atoms with van der Waals surface area (Å²) < 4.78 is 18.4. The van der Waals surface area contributed by atoms with Crippen molar-refractivity contribution in [2.24, 2.45) is 0 Å². The predicted octanol–water partition coefficient (Wildman–Crippen LogP) is 5.04. The van der Waals surface area contributed by atoms with E-state index in [0.29, 0.717) is 27.6 Å². The highest BCUT2D eigenvalue weighted by atomic mass is 35.5. The number of rotatable bonds is 6. The Morgan fingerprint density at radius 1 is 0.964 bits per heavy atom. The van der Waals surface area contributed by atoms with Crippen molar-refractivity contribution in [2.75, 3.05) is 11.9 Å². The summed E-state index contributed by atoms with van der Waals surface area (Å²) in [5.74, 6) is -0.488. The molecule has 0 saturated heterocycles. The molecular formula is C22H17ClFNO3. The van der Waals surface area contributed by atoms with Gasteiger partial charge in [0.2, 0.25) is 0 Å². The standard InChI is InChI=1S/C22H17ClFNO3/c1-14-19(23)3-2-4-20(14)25-21(26)13-28-18-11-7-16(8-12-18)22(27)15-5-9-17(24)10-6-15/h2-12H,13H2,1H3,(H,25,26). The van der Waals surface area contributed by atoms with Crippen LogP contribution in [0.15, 0.2) is 66.7 Å². The van der Waals surface area contributed by atoms with Crippen LogP contribution in [0.3, 0.4) is 0 Å². The molecule has 0 aliphatic heterocycles. The zero-order valence-electron chi connectivity index (χ0n) is 15.0. The molecule has 3 rings (SSSR count). The van der Waals surface area contributed by atoms with Crippen LogP contribution in [-0.2, 0) is 4.79 Å². The van der Waals surface area contributed by atoms with E-state index < -0.39 is 5.82 Å². The highest BCUT2D eigenvalue weighted by Crippen LogP contribution is 2.23. The molecule has 0 saturated carbocycles. The van der Waals surface area contributed by atoms with Crippen molar-refractivity contribution >= 4 is 29.0 Å². The van der Waals surface area contributed by atoms with Crippen molar-refractivity contribution in [1.82, 2.24) is 0 Å². The minimum absolute atomic E-state index is 0.183. The van der Waals surface area contributed by atoms with E-state index in [4.69, 9.17) is 16.3 Å². The molecule has 0 bridgehead atoms. The lowest BCUT2D eigenvalue weighted by atomic mass is 10.0. The third kappa shape index (κ3) is 4.75. The number of carbonyl (C=O) groups excluding carboxylic acids is 2. The Hall–Kier alpha value is -3.18. The highest BCUT2D eigenvalue weighted by Gasteiger charge is 2.11. The molecule has 3 aromatic carbocycles. The second kappa shape index (κ2) is 8.67. The number of carbonyl (C=O) groups is 2. The van der Waals surface area contributed by atoms with Gasteiger partial charge in [0, 0.05) is 21.8 Å². The molecule has 0 aliphatic rings. The molecular weight excluding hydrogens is 381 g/mol. The molecule has 0 aromatic heterocycles. The van der Waals surface area contributed by atoms with E-state index in [0.717, 1.165) is 5.56 Å². The average molecular weight is 398 g/mol. The van der Waals surface area contributed by atoms with Crippen LogP contribution >= 0.6 is 11.6 Å². The van der Waals surface area contributed by atoms with Gasteiger partial charge in [0.15, 0.2) is 12.4 Å². The largest absolute Gasteiger partial charge is 0.484 e. The molecule has 1 amide bonds. The van der Waals surface area contributed by atoms with Gasteiger partial charge in [-0.15, -0.1) is 0 Å². The molecule has 0 radical (unpaired) electrons. The van der Waals surface area contributed by atoms with Gasteiger partial charge in [0.1, 0.15) is 11.6 Å². The molecule has 0 unspecified atom stereocenters. The Kier molecular flexibility index (Phi) is 6.06. The number of ether oxygens (including phenoxy) is 1. The lowest BCUT2D eigenvalue weighted by Gasteiger charge is -2.10. The predicted molar refractivity (Wildman–Crippen MR) is 107 cm³/mol. The van der Waals surface area contributed by atoms with E-state index in [2.05, 4.69) is 5.32 Å². The first-order valence-electron chi connectivity index (χ1n) is 8.52. The summed E-state index contributed by atoms with van der Waals surface area (Å²) in [6, 6.07) is 17.0. The fraction of sp³-hybridized carbons (Fsp3) is 0.0909. The molecule has 6 heteroatoms. The quantitative estimate of drug-likeness (QED) is 0.593. The number of nitrogens with one attached hydrogen (secondary N) is 1. The number of benzene rings is 3. The van der Waals surface area contributed by atoms with E-state index in [1.165, 1.54) is 24.3 Å². The summed E-state index contributed by atoms with van der Waals surface area (Å²) in [5.41, 5.74) is 2.24. The van der Waals surface area contributed by atoms with Gasteiger partial charge in [0.05, 0.1) is 0 Å². The van der Waals surface area contributed by atoms with Crippen molar-refractivity contribution in [1.29, 1.82) is 0 Å². The fourth-order valence-electron chi connectivity index (χ4n) is 2.55. The van der Waals surface area contributed by atoms with Gasteiger partial charge in [-0.1, -0.05) is 17.7 Å². The monoisotopic (exact) mass is 397 g/mol. The fourth-order valence-corrected chi connectivity index (χ4v) is 2.72. The molecule has 142 valence electrons. The first-order chi connectivity index (χ1) is 13.4. The van der Waals surface area contributed by atoms with Crippen LogP contribution in [0.25, 0.3) is 0 Å². The van der Waals surface area contributed by atoms with Crippen LogP contribution in [0, 0.1) is 12.7 Å². The lowest BCUT2D eigenvalue weighted by Crippen LogP contribution is -2.20. The van der Waals surface area contributed by atoms with Crippen molar-refractivity contribution < 1.29 is 18.7 Å². The Bertz CT molecular complexity index is 1000. The van der Waals surface area contributed by atoms with Gasteiger partial charge in [-0.2, -0.15) is 0 Å². The number of hydrogen-bond acceptors (Lipinski definition) is 3. The average Bonchev–Trinajstić information content (AvgIpc) is 2.70. The zero-order chi connectivity index (χ0) is 20.1. The summed E-state index contributed by atoms with van der Waals surface area (Å²) in [6.45, 7) is 1.63. The molecule has 0 heterocycles. The van der Waals surface area contributed by atoms with Crippen LogP contribution in [-0.4, -0.2) is 18.3 Å². The smallest absolute Gasteiger partial charge is 0.262 e. The maximum atomic E-state index is 13.0. The molecule has 3 aromatic rings. The first-order valence-corrected chi connectivity index (χ1v) is 8.90. The topological polar surface area (TPSA) is 55.4 Å². The van der Waals surface area contributed by atoms with Crippen LogP contribution in [0.2, 0.25) is 5.02 Å². The van der Waals surface area contributed by atoms with E-state index in [1.807, 2.05) is 6.92 Å². The molecule has 28 heavy (non-hydrogen) atoms. The van der Waals surface area contributed by atoms with E-state index >= 15 is 0 Å². The Morgan fingerprint density at radius 2 is 1.57 bits per heavy atom. The molecule has 0 spiro atoms. The normalized spacial score (nSPS) is 10.4. The zero-order valence-corrected chi connectivity index (χ0v) is 15.8. The second-order valence-electron chi connectivity index (χ2n) is 6.11. The Labute approximate surface area is 166 Å². The molecule has 1 N–H and O–H groups in total. The number of halogens is 2. The Morgan fingerprint density at radius 3 is 2.21 bits per heavy atom. The highest BCUT2D eigenvalue weighted by molar-refractivity contribution is 6.31. The van der Waals surface area contributed by atoms with E-state index in [9.17, 15) is 14.0 Å². The van der Waals surface area contributed by atoms with Crippen molar-refractivity contribution in [3.05, 3.63) is 94.3 Å². The minimum atomic E-state index is -0.397. The Balaban J connectivity index is 1.58. The van der Waals surface area contributed by atoms with Gasteiger partial charge < -0.3 is 10.1 Å².